The highest BCUT2D eigenvalue weighted by Crippen LogP contribution is 2.30. The molecule has 2 atom stereocenters. The molecule has 1 aromatic heterocycles. The van der Waals surface area contributed by atoms with E-state index < -0.39 is 6.09 Å². The molecule has 2 aliphatic heterocycles. The average molecular weight is 424 g/mol. The second-order valence-corrected chi connectivity index (χ2v) is 7.64. The van der Waals surface area contributed by atoms with Crippen molar-refractivity contribution in [2.75, 3.05) is 24.6 Å². The van der Waals surface area contributed by atoms with Crippen LogP contribution in [0.5, 0.6) is 0 Å². The van der Waals surface area contributed by atoms with Gasteiger partial charge in [0.05, 0.1) is 31.1 Å². The number of aliphatic hydroxyl groups is 1. The maximum atomic E-state index is 12.3. The van der Waals surface area contributed by atoms with Gasteiger partial charge in [-0.05, 0) is 36.2 Å². The maximum Gasteiger partial charge on any atom is 0.414 e. The highest BCUT2D eigenvalue weighted by molar-refractivity contribution is 5.99. The first-order chi connectivity index (χ1) is 14.9. The molecular formula is C22H24N4O5. The van der Waals surface area contributed by atoms with Crippen molar-refractivity contribution >= 4 is 23.4 Å². The Morgan fingerprint density at radius 3 is 2.71 bits per heavy atom. The molecule has 1 fully saturated rings. The van der Waals surface area contributed by atoms with Gasteiger partial charge in [-0.15, -0.1) is 0 Å². The summed E-state index contributed by atoms with van der Waals surface area (Å²) in [6.45, 7) is 3.97. The van der Waals surface area contributed by atoms with Crippen LogP contribution < -0.4 is 10.2 Å². The summed E-state index contributed by atoms with van der Waals surface area (Å²) < 4.78 is 5.35. The van der Waals surface area contributed by atoms with Crippen molar-refractivity contribution in [3.63, 3.8) is 0 Å². The number of hydrogen-bond acceptors (Lipinski definition) is 7. The number of carbonyl (C=O) groups is 2. The summed E-state index contributed by atoms with van der Waals surface area (Å²) in [6, 6.07) is 9.66. The van der Waals surface area contributed by atoms with Crippen LogP contribution >= 0.6 is 0 Å². The Labute approximate surface area is 179 Å². The van der Waals surface area contributed by atoms with E-state index in [9.17, 15) is 9.59 Å². The number of rotatable bonds is 6. The fourth-order valence-corrected chi connectivity index (χ4v) is 3.63. The standard InChI is InChI=1S/C22H24N4O5/c1-13-7-15(16-3-5-19(24-9-16)20-8-17(12-27)31-25-20)4-6-21(13)26-11-18(30-22(26)29)10-23-14(2)28/h3-7,9,17-18,27H,8,10-12H2,1-2H3,(H,23,28). The molecule has 4 rings (SSSR count). The molecule has 0 aliphatic carbocycles. The SMILES string of the molecule is CC(=O)NCC1CN(c2ccc(-c3ccc(C4=NOC(CO)C4)nc3)cc2C)C(=O)O1. The number of pyridine rings is 1. The van der Waals surface area contributed by atoms with Gasteiger partial charge in [-0.3, -0.25) is 14.7 Å². The number of amides is 2. The number of nitrogens with one attached hydrogen (secondary N) is 1. The van der Waals surface area contributed by atoms with Crippen LogP contribution in [0.15, 0.2) is 41.7 Å². The van der Waals surface area contributed by atoms with E-state index in [0.29, 0.717) is 19.5 Å². The van der Waals surface area contributed by atoms with Crippen LogP contribution in [0.25, 0.3) is 11.1 Å². The number of anilines is 1. The van der Waals surface area contributed by atoms with E-state index in [-0.39, 0.29) is 24.7 Å². The maximum absolute atomic E-state index is 12.3. The van der Waals surface area contributed by atoms with E-state index in [1.54, 1.807) is 11.1 Å². The first-order valence-corrected chi connectivity index (χ1v) is 10.1. The summed E-state index contributed by atoms with van der Waals surface area (Å²) in [7, 11) is 0. The van der Waals surface area contributed by atoms with Gasteiger partial charge in [0.1, 0.15) is 11.8 Å². The van der Waals surface area contributed by atoms with Gasteiger partial charge in [-0.25, -0.2) is 4.79 Å². The summed E-state index contributed by atoms with van der Waals surface area (Å²) in [4.78, 5) is 34.6. The molecule has 0 spiro atoms. The van der Waals surface area contributed by atoms with Gasteiger partial charge in [0.2, 0.25) is 5.91 Å². The normalized spacial score (nSPS) is 20.3. The average Bonchev–Trinajstić information content (AvgIpc) is 3.39. The number of aromatic nitrogens is 1. The molecule has 9 heteroatoms. The number of aliphatic hydroxyl groups excluding tert-OH is 1. The summed E-state index contributed by atoms with van der Waals surface area (Å²) in [5.41, 5.74) is 5.05. The van der Waals surface area contributed by atoms with Gasteiger partial charge in [0.15, 0.2) is 6.10 Å². The van der Waals surface area contributed by atoms with Gasteiger partial charge in [0.25, 0.3) is 0 Å². The Bertz CT molecular complexity index is 1020. The predicted octanol–water partition coefficient (Wildman–Crippen LogP) is 2.00. The van der Waals surface area contributed by atoms with Crippen molar-refractivity contribution in [2.24, 2.45) is 5.16 Å². The molecule has 2 amide bonds. The van der Waals surface area contributed by atoms with Crippen molar-refractivity contribution in [1.82, 2.24) is 10.3 Å². The van der Waals surface area contributed by atoms with E-state index in [4.69, 9.17) is 14.7 Å². The Morgan fingerprint density at radius 2 is 2.06 bits per heavy atom. The minimum atomic E-state index is -0.419. The minimum Gasteiger partial charge on any atom is -0.442 e. The molecule has 0 saturated carbocycles. The van der Waals surface area contributed by atoms with Crippen LogP contribution in [0.1, 0.15) is 24.6 Å². The lowest BCUT2D eigenvalue weighted by molar-refractivity contribution is -0.119. The van der Waals surface area contributed by atoms with Crippen LogP contribution in [0.3, 0.4) is 0 Å². The lowest BCUT2D eigenvalue weighted by Gasteiger charge is -2.17. The zero-order valence-electron chi connectivity index (χ0n) is 17.4. The van der Waals surface area contributed by atoms with Crippen LogP contribution in [0, 0.1) is 6.92 Å². The predicted molar refractivity (Wildman–Crippen MR) is 114 cm³/mol. The Kier molecular flexibility index (Phi) is 5.85. The first kappa shape index (κ1) is 20.8. The molecule has 162 valence electrons. The summed E-state index contributed by atoms with van der Waals surface area (Å²) in [5, 5.41) is 15.8. The largest absolute Gasteiger partial charge is 0.442 e. The molecule has 0 bridgehead atoms. The fourth-order valence-electron chi connectivity index (χ4n) is 3.63. The molecule has 2 unspecified atom stereocenters. The second-order valence-electron chi connectivity index (χ2n) is 7.64. The van der Waals surface area contributed by atoms with Crippen LogP contribution in [-0.4, -0.2) is 59.7 Å². The highest BCUT2D eigenvalue weighted by Gasteiger charge is 2.33. The van der Waals surface area contributed by atoms with Crippen molar-refractivity contribution in [1.29, 1.82) is 0 Å². The summed E-state index contributed by atoms with van der Waals surface area (Å²) >= 11 is 0. The van der Waals surface area contributed by atoms with E-state index in [1.165, 1.54) is 6.92 Å². The van der Waals surface area contributed by atoms with Crippen molar-refractivity contribution in [2.45, 2.75) is 32.5 Å². The van der Waals surface area contributed by atoms with Crippen molar-refractivity contribution in [3.8, 4) is 11.1 Å². The Hall–Kier alpha value is -3.46. The van der Waals surface area contributed by atoms with Crippen molar-refractivity contribution in [3.05, 3.63) is 47.8 Å². The number of nitrogens with zero attached hydrogens (tertiary/aromatic N) is 3. The van der Waals surface area contributed by atoms with Crippen molar-refractivity contribution < 1.29 is 24.3 Å². The van der Waals surface area contributed by atoms with Gasteiger partial charge in [0, 0.05) is 25.1 Å². The molecule has 2 aromatic rings. The molecule has 0 radical (unpaired) electrons. The lowest BCUT2D eigenvalue weighted by Crippen LogP contribution is -2.33. The van der Waals surface area contributed by atoms with E-state index in [0.717, 1.165) is 33.8 Å². The molecule has 2 aliphatic rings. The lowest BCUT2D eigenvalue weighted by atomic mass is 10.0. The van der Waals surface area contributed by atoms with Gasteiger partial charge < -0.3 is 20.0 Å². The third kappa shape index (κ3) is 4.51. The number of aryl methyl sites for hydroxylation is 1. The fraction of sp³-hybridized carbons (Fsp3) is 0.364. The first-order valence-electron chi connectivity index (χ1n) is 10.1. The smallest absolute Gasteiger partial charge is 0.414 e. The zero-order valence-corrected chi connectivity index (χ0v) is 17.4. The molecule has 1 saturated heterocycles. The van der Waals surface area contributed by atoms with Crippen LogP contribution in [-0.2, 0) is 14.4 Å². The van der Waals surface area contributed by atoms with Gasteiger partial charge in [-0.2, -0.15) is 0 Å². The van der Waals surface area contributed by atoms with Gasteiger partial charge in [-0.1, -0.05) is 17.3 Å². The summed E-state index contributed by atoms with van der Waals surface area (Å²) in [5.74, 6) is -0.157. The molecular weight excluding hydrogens is 400 g/mol. The second kappa shape index (κ2) is 8.73. The van der Waals surface area contributed by atoms with Crippen LogP contribution in [0.2, 0.25) is 0 Å². The van der Waals surface area contributed by atoms with Gasteiger partial charge >= 0.3 is 6.09 Å². The number of ether oxygens (including phenoxy) is 1. The molecule has 3 heterocycles. The molecule has 1 aromatic carbocycles. The van der Waals surface area contributed by atoms with E-state index >= 15 is 0 Å². The Balaban J connectivity index is 1.46. The topological polar surface area (TPSA) is 113 Å². The quantitative estimate of drug-likeness (QED) is 0.733. The number of oxime groups is 1. The third-order valence-electron chi connectivity index (χ3n) is 5.27. The Morgan fingerprint density at radius 1 is 1.26 bits per heavy atom. The number of cyclic esters (lactones) is 1. The molecule has 9 nitrogen and oxygen atoms in total. The third-order valence-corrected chi connectivity index (χ3v) is 5.27. The summed E-state index contributed by atoms with van der Waals surface area (Å²) in [6.07, 6.45) is 1.21. The van der Waals surface area contributed by atoms with E-state index in [1.807, 2.05) is 37.3 Å². The zero-order chi connectivity index (χ0) is 22.0. The van der Waals surface area contributed by atoms with E-state index in [2.05, 4.69) is 15.5 Å². The minimum absolute atomic E-state index is 0.0742. The molecule has 31 heavy (non-hydrogen) atoms. The van der Waals surface area contributed by atoms with Crippen LogP contribution in [0.4, 0.5) is 10.5 Å². The number of carbonyl (C=O) groups excluding carboxylic acids is 2. The monoisotopic (exact) mass is 424 g/mol. The number of hydrogen-bond donors (Lipinski definition) is 2. The highest BCUT2D eigenvalue weighted by atomic mass is 16.6. The molecule has 2 N–H and O–H groups in total. The number of benzene rings is 1.